The molecule has 0 amide bonds. The number of likely N-dealkylation sites (tertiary alicyclic amines) is 1. The summed E-state index contributed by atoms with van der Waals surface area (Å²) in [4.78, 5) is 2.56. The molecule has 0 aliphatic carbocycles. The van der Waals surface area contributed by atoms with Gasteiger partial charge in [0.2, 0.25) is 0 Å². The fourth-order valence-electron chi connectivity index (χ4n) is 2.22. The molecule has 2 N–H and O–H groups in total. The van der Waals surface area contributed by atoms with E-state index in [1.54, 1.807) is 0 Å². The van der Waals surface area contributed by atoms with Crippen molar-refractivity contribution in [3.8, 4) is 0 Å². The van der Waals surface area contributed by atoms with Crippen molar-refractivity contribution >= 4 is 0 Å². The second kappa shape index (κ2) is 6.01. The van der Waals surface area contributed by atoms with Crippen molar-refractivity contribution in [1.29, 1.82) is 0 Å². The van der Waals surface area contributed by atoms with Crippen molar-refractivity contribution in [2.75, 3.05) is 26.2 Å². The van der Waals surface area contributed by atoms with Crippen LogP contribution in [0.4, 0.5) is 0 Å². The van der Waals surface area contributed by atoms with E-state index in [1.165, 1.54) is 38.9 Å². The van der Waals surface area contributed by atoms with Gasteiger partial charge >= 0.3 is 0 Å². The van der Waals surface area contributed by atoms with Crippen LogP contribution in [-0.4, -0.2) is 41.3 Å². The molecule has 1 aromatic rings. The zero-order chi connectivity index (χ0) is 11.2. The predicted octanol–water partition coefficient (Wildman–Crippen LogP) is 1.29. The average molecular weight is 222 g/mol. The number of nitrogens with zero attached hydrogens (tertiary/aromatic N) is 2. The quantitative estimate of drug-likeness (QED) is 0.713. The van der Waals surface area contributed by atoms with E-state index in [0.29, 0.717) is 0 Å². The van der Waals surface area contributed by atoms with Gasteiger partial charge in [-0.3, -0.25) is 5.10 Å². The summed E-state index contributed by atoms with van der Waals surface area (Å²) in [5, 5.41) is 10.6. The monoisotopic (exact) mass is 222 g/mol. The van der Waals surface area contributed by atoms with Crippen LogP contribution in [0.5, 0.6) is 0 Å². The molecule has 1 aliphatic heterocycles. The van der Waals surface area contributed by atoms with Gasteiger partial charge in [0.15, 0.2) is 0 Å². The Balaban J connectivity index is 1.51. The molecule has 2 heterocycles. The number of aryl methyl sites for hydroxylation is 1. The maximum absolute atomic E-state index is 4.19. The first-order valence-corrected chi connectivity index (χ1v) is 6.28. The van der Waals surface area contributed by atoms with Gasteiger partial charge < -0.3 is 10.2 Å². The molecule has 0 atom stereocenters. The lowest BCUT2D eigenvalue weighted by Gasteiger charge is -2.13. The van der Waals surface area contributed by atoms with Crippen LogP contribution >= 0.6 is 0 Å². The summed E-state index contributed by atoms with van der Waals surface area (Å²) >= 11 is 0. The van der Waals surface area contributed by atoms with Crippen LogP contribution < -0.4 is 5.32 Å². The first-order chi connectivity index (χ1) is 7.84. The van der Waals surface area contributed by atoms with E-state index in [9.17, 15) is 0 Å². The van der Waals surface area contributed by atoms with Gasteiger partial charge in [0.1, 0.15) is 0 Å². The van der Waals surface area contributed by atoms with E-state index in [1.807, 2.05) is 6.92 Å². The minimum atomic E-state index is 0.879. The topological polar surface area (TPSA) is 44.0 Å². The third kappa shape index (κ3) is 3.61. The molecular formula is C12H22N4. The van der Waals surface area contributed by atoms with E-state index in [0.717, 1.165) is 24.5 Å². The lowest BCUT2D eigenvalue weighted by Crippen LogP contribution is -2.24. The SMILES string of the molecule is Cc1cc(CNCCCN2CCCC2)n[nH]1. The van der Waals surface area contributed by atoms with Crippen LogP contribution in [0, 0.1) is 6.92 Å². The second-order valence-corrected chi connectivity index (χ2v) is 4.62. The zero-order valence-corrected chi connectivity index (χ0v) is 10.1. The van der Waals surface area contributed by atoms with Crippen LogP contribution in [0.3, 0.4) is 0 Å². The van der Waals surface area contributed by atoms with E-state index in [-0.39, 0.29) is 0 Å². The number of hydrogen-bond acceptors (Lipinski definition) is 3. The first kappa shape index (κ1) is 11.6. The molecule has 1 fully saturated rings. The third-order valence-corrected chi connectivity index (χ3v) is 3.09. The van der Waals surface area contributed by atoms with Gasteiger partial charge in [0, 0.05) is 12.2 Å². The van der Waals surface area contributed by atoms with Crippen LogP contribution in [0.25, 0.3) is 0 Å². The molecule has 0 saturated carbocycles. The van der Waals surface area contributed by atoms with Gasteiger partial charge in [0.05, 0.1) is 5.69 Å². The third-order valence-electron chi connectivity index (χ3n) is 3.09. The Morgan fingerprint density at radius 1 is 1.44 bits per heavy atom. The molecule has 1 aliphatic rings. The van der Waals surface area contributed by atoms with Crippen LogP contribution in [0.15, 0.2) is 6.07 Å². The van der Waals surface area contributed by atoms with Crippen molar-refractivity contribution in [2.45, 2.75) is 32.7 Å². The summed E-state index contributed by atoms with van der Waals surface area (Å²) in [6, 6.07) is 2.09. The molecule has 4 nitrogen and oxygen atoms in total. The molecule has 0 unspecified atom stereocenters. The lowest BCUT2D eigenvalue weighted by molar-refractivity contribution is 0.331. The number of aromatic nitrogens is 2. The predicted molar refractivity (Wildman–Crippen MR) is 65.3 cm³/mol. The first-order valence-electron chi connectivity index (χ1n) is 6.28. The highest BCUT2D eigenvalue weighted by Gasteiger charge is 2.09. The molecule has 0 radical (unpaired) electrons. The molecule has 0 aromatic carbocycles. The summed E-state index contributed by atoms with van der Waals surface area (Å²) in [7, 11) is 0. The van der Waals surface area contributed by atoms with Gasteiger partial charge in [-0.15, -0.1) is 0 Å². The highest BCUT2D eigenvalue weighted by atomic mass is 15.1. The Labute approximate surface area is 97.4 Å². The normalized spacial score (nSPS) is 17.1. The Bertz CT molecular complexity index is 302. The van der Waals surface area contributed by atoms with Crippen molar-refractivity contribution < 1.29 is 0 Å². The second-order valence-electron chi connectivity index (χ2n) is 4.62. The highest BCUT2D eigenvalue weighted by molar-refractivity contribution is 5.05. The Morgan fingerprint density at radius 3 is 2.94 bits per heavy atom. The number of H-pyrrole nitrogens is 1. The Morgan fingerprint density at radius 2 is 2.25 bits per heavy atom. The van der Waals surface area contributed by atoms with E-state index >= 15 is 0 Å². The van der Waals surface area contributed by atoms with Crippen LogP contribution in [-0.2, 0) is 6.54 Å². The molecule has 1 aromatic heterocycles. The maximum Gasteiger partial charge on any atom is 0.0762 e. The summed E-state index contributed by atoms with van der Waals surface area (Å²) in [6.07, 6.45) is 4.02. The Kier molecular flexibility index (Phi) is 4.36. The molecule has 4 heteroatoms. The summed E-state index contributed by atoms with van der Waals surface area (Å²) in [5.74, 6) is 0. The lowest BCUT2D eigenvalue weighted by atomic mass is 10.3. The van der Waals surface area contributed by atoms with Gasteiger partial charge in [0.25, 0.3) is 0 Å². The average Bonchev–Trinajstić information content (AvgIpc) is 2.89. The molecule has 0 spiro atoms. The van der Waals surface area contributed by atoms with E-state index < -0.39 is 0 Å². The van der Waals surface area contributed by atoms with Crippen molar-refractivity contribution in [2.24, 2.45) is 0 Å². The standard InChI is InChI=1S/C12H22N4/c1-11-9-12(15-14-11)10-13-5-4-8-16-6-2-3-7-16/h9,13H,2-8,10H2,1H3,(H,14,15). The number of aromatic amines is 1. The fraction of sp³-hybridized carbons (Fsp3) is 0.750. The molecule has 2 rings (SSSR count). The number of nitrogens with one attached hydrogen (secondary N) is 2. The van der Waals surface area contributed by atoms with Crippen LogP contribution in [0.1, 0.15) is 30.7 Å². The maximum atomic E-state index is 4.19. The summed E-state index contributed by atoms with van der Waals surface area (Å²) in [5.41, 5.74) is 2.24. The molecule has 90 valence electrons. The van der Waals surface area contributed by atoms with E-state index in [4.69, 9.17) is 0 Å². The van der Waals surface area contributed by atoms with Crippen molar-refractivity contribution in [3.63, 3.8) is 0 Å². The van der Waals surface area contributed by atoms with Gasteiger partial charge in [-0.2, -0.15) is 5.10 Å². The zero-order valence-electron chi connectivity index (χ0n) is 10.1. The summed E-state index contributed by atoms with van der Waals surface area (Å²) < 4.78 is 0. The number of rotatable bonds is 6. The largest absolute Gasteiger partial charge is 0.311 e. The van der Waals surface area contributed by atoms with Gasteiger partial charge in [-0.1, -0.05) is 0 Å². The molecular weight excluding hydrogens is 200 g/mol. The fourth-order valence-corrected chi connectivity index (χ4v) is 2.22. The molecule has 1 saturated heterocycles. The Hall–Kier alpha value is -0.870. The van der Waals surface area contributed by atoms with Crippen LogP contribution in [0.2, 0.25) is 0 Å². The van der Waals surface area contributed by atoms with E-state index in [2.05, 4.69) is 26.5 Å². The minimum absolute atomic E-state index is 0.879. The van der Waals surface area contributed by atoms with Crippen molar-refractivity contribution in [1.82, 2.24) is 20.4 Å². The summed E-state index contributed by atoms with van der Waals surface area (Å²) in [6.45, 7) is 7.85. The smallest absolute Gasteiger partial charge is 0.0762 e. The molecule has 16 heavy (non-hydrogen) atoms. The van der Waals surface area contributed by atoms with Gasteiger partial charge in [-0.25, -0.2) is 0 Å². The highest BCUT2D eigenvalue weighted by Crippen LogP contribution is 2.06. The minimum Gasteiger partial charge on any atom is -0.311 e. The number of hydrogen-bond donors (Lipinski definition) is 2. The molecule has 0 bridgehead atoms. The van der Waals surface area contributed by atoms with Crippen molar-refractivity contribution in [3.05, 3.63) is 17.5 Å². The van der Waals surface area contributed by atoms with Gasteiger partial charge in [-0.05, 0) is 58.4 Å².